The van der Waals surface area contributed by atoms with Crippen molar-refractivity contribution in [1.82, 2.24) is 10.2 Å². The highest BCUT2D eigenvalue weighted by molar-refractivity contribution is 5.01. The van der Waals surface area contributed by atoms with E-state index in [0.717, 1.165) is 52.4 Å². The van der Waals surface area contributed by atoms with Crippen LogP contribution >= 0.6 is 0 Å². The molecule has 0 spiro atoms. The molecule has 0 aromatic rings. The summed E-state index contributed by atoms with van der Waals surface area (Å²) in [7, 11) is 0. The molecule has 1 N–H and O–H groups in total. The second kappa shape index (κ2) is 7.67. The molecule has 0 radical (unpaired) electrons. The topological polar surface area (TPSA) is 33.7 Å². The summed E-state index contributed by atoms with van der Waals surface area (Å²) in [5.74, 6) is 6.27. The zero-order valence-corrected chi connectivity index (χ0v) is 10.4. The van der Waals surface area contributed by atoms with E-state index in [1.165, 1.54) is 6.42 Å². The SMILES string of the molecule is C(#CCN1CCOCC1)COC1CCCNC1. The monoisotopic (exact) mass is 238 g/mol. The first-order valence-electron chi connectivity index (χ1n) is 6.53. The van der Waals surface area contributed by atoms with Gasteiger partial charge in [0.2, 0.25) is 0 Å². The molecule has 2 saturated heterocycles. The first-order valence-corrected chi connectivity index (χ1v) is 6.53. The summed E-state index contributed by atoms with van der Waals surface area (Å²) in [5, 5.41) is 3.33. The fourth-order valence-corrected chi connectivity index (χ4v) is 2.10. The van der Waals surface area contributed by atoms with Gasteiger partial charge in [0.05, 0.1) is 25.9 Å². The van der Waals surface area contributed by atoms with E-state index in [1.54, 1.807) is 0 Å². The van der Waals surface area contributed by atoms with Crippen molar-refractivity contribution in [2.75, 3.05) is 52.5 Å². The maximum Gasteiger partial charge on any atom is 0.108 e. The molecule has 4 nitrogen and oxygen atoms in total. The van der Waals surface area contributed by atoms with E-state index in [1.807, 2.05) is 0 Å². The van der Waals surface area contributed by atoms with Gasteiger partial charge in [-0.05, 0) is 19.4 Å². The van der Waals surface area contributed by atoms with Crippen molar-refractivity contribution in [3.8, 4) is 11.8 Å². The van der Waals surface area contributed by atoms with Gasteiger partial charge >= 0.3 is 0 Å². The molecular weight excluding hydrogens is 216 g/mol. The molecule has 2 heterocycles. The molecule has 0 amide bonds. The Bertz CT molecular complexity index is 260. The Kier molecular flexibility index (Phi) is 5.80. The Hall–Kier alpha value is -0.600. The number of hydrogen-bond acceptors (Lipinski definition) is 4. The predicted molar refractivity (Wildman–Crippen MR) is 66.9 cm³/mol. The summed E-state index contributed by atoms with van der Waals surface area (Å²) in [6.45, 7) is 7.20. The molecule has 0 aliphatic carbocycles. The predicted octanol–water partition coefficient (Wildman–Crippen LogP) is 0.0906. The Morgan fingerprint density at radius 3 is 2.94 bits per heavy atom. The van der Waals surface area contributed by atoms with Gasteiger partial charge < -0.3 is 14.8 Å². The maximum atomic E-state index is 5.69. The molecule has 2 fully saturated rings. The first kappa shape index (κ1) is 12.8. The van der Waals surface area contributed by atoms with Crippen LogP contribution in [0, 0.1) is 11.8 Å². The van der Waals surface area contributed by atoms with Crippen LogP contribution in [0.1, 0.15) is 12.8 Å². The van der Waals surface area contributed by atoms with Crippen LogP contribution in [0.2, 0.25) is 0 Å². The molecule has 0 bridgehead atoms. The second-order valence-electron chi connectivity index (χ2n) is 4.52. The number of hydrogen-bond donors (Lipinski definition) is 1. The smallest absolute Gasteiger partial charge is 0.108 e. The molecule has 2 aliphatic rings. The number of ether oxygens (including phenoxy) is 2. The van der Waals surface area contributed by atoms with Crippen LogP contribution in [0.3, 0.4) is 0 Å². The van der Waals surface area contributed by atoms with E-state index in [0.29, 0.717) is 12.7 Å². The second-order valence-corrected chi connectivity index (χ2v) is 4.52. The highest BCUT2D eigenvalue weighted by Crippen LogP contribution is 2.04. The average Bonchev–Trinajstić information content (AvgIpc) is 2.41. The van der Waals surface area contributed by atoms with Gasteiger partial charge in [-0.25, -0.2) is 0 Å². The summed E-state index contributed by atoms with van der Waals surface area (Å²) >= 11 is 0. The average molecular weight is 238 g/mol. The molecule has 0 aromatic carbocycles. The van der Waals surface area contributed by atoms with Gasteiger partial charge in [0.25, 0.3) is 0 Å². The Labute approximate surface area is 104 Å². The summed E-state index contributed by atoms with van der Waals surface area (Å²) in [4.78, 5) is 2.32. The van der Waals surface area contributed by atoms with Crippen molar-refractivity contribution >= 4 is 0 Å². The molecule has 1 atom stereocenters. The standard InChI is InChI=1S/C13H22N2O2/c1(6-15-7-10-16-11-8-15)2-9-17-13-4-3-5-14-12-13/h13-14H,3-12H2. The molecule has 0 saturated carbocycles. The lowest BCUT2D eigenvalue weighted by Crippen LogP contribution is -2.36. The summed E-state index contributed by atoms with van der Waals surface area (Å²) in [5.41, 5.74) is 0. The Morgan fingerprint density at radius 2 is 2.18 bits per heavy atom. The third kappa shape index (κ3) is 5.05. The third-order valence-corrected chi connectivity index (χ3v) is 3.17. The largest absolute Gasteiger partial charge is 0.379 e. The fourth-order valence-electron chi connectivity index (χ4n) is 2.10. The Balaban J connectivity index is 1.54. The summed E-state index contributed by atoms with van der Waals surface area (Å²) in [6.07, 6.45) is 2.74. The van der Waals surface area contributed by atoms with E-state index in [9.17, 15) is 0 Å². The molecule has 2 aliphatic heterocycles. The van der Waals surface area contributed by atoms with Crippen molar-refractivity contribution in [3.63, 3.8) is 0 Å². The van der Waals surface area contributed by atoms with Crippen molar-refractivity contribution < 1.29 is 9.47 Å². The van der Waals surface area contributed by atoms with Gasteiger partial charge in [-0.15, -0.1) is 0 Å². The zero-order chi connectivity index (χ0) is 11.8. The first-order chi connectivity index (χ1) is 8.45. The minimum Gasteiger partial charge on any atom is -0.379 e. The van der Waals surface area contributed by atoms with E-state index < -0.39 is 0 Å². The van der Waals surface area contributed by atoms with E-state index in [2.05, 4.69) is 22.1 Å². The van der Waals surface area contributed by atoms with Gasteiger partial charge in [0, 0.05) is 19.6 Å². The lowest BCUT2D eigenvalue weighted by atomic mass is 10.1. The van der Waals surface area contributed by atoms with Crippen molar-refractivity contribution in [2.45, 2.75) is 18.9 Å². The lowest BCUT2D eigenvalue weighted by Gasteiger charge is -2.24. The molecular formula is C13H22N2O2. The normalized spacial score (nSPS) is 26.2. The van der Waals surface area contributed by atoms with Gasteiger partial charge in [-0.1, -0.05) is 11.8 Å². The van der Waals surface area contributed by atoms with E-state index in [-0.39, 0.29) is 0 Å². The van der Waals surface area contributed by atoms with Crippen LogP contribution < -0.4 is 5.32 Å². The molecule has 4 heteroatoms. The fraction of sp³-hybridized carbons (Fsp3) is 0.846. The zero-order valence-electron chi connectivity index (χ0n) is 10.4. The van der Waals surface area contributed by atoms with Crippen molar-refractivity contribution in [3.05, 3.63) is 0 Å². The molecule has 17 heavy (non-hydrogen) atoms. The van der Waals surface area contributed by atoms with Gasteiger partial charge in [-0.3, -0.25) is 4.90 Å². The maximum absolute atomic E-state index is 5.69. The van der Waals surface area contributed by atoms with Gasteiger partial charge in [0.1, 0.15) is 6.61 Å². The third-order valence-electron chi connectivity index (χ3n) is 3.17. The highest BCUT2D eigenvalue weighted by Gasteiger charge is 2.12. The molecule has 1 unspecified atom stereocenters. The summed E-state index contributed by atoms with van der Waals surface area (Å²) < 4.78 is 11.0. The van der Waals surface area contributed by atoms with Gasteiger partial charge in [-0.2, -0.15) is 0 Å². The molecule has 0 aromatic heterocycles. The number of piperidine rings is 1. The van der Waals surface area contributed by atoms with Gasteiger partial charge in [0.15, 0.2) is 0 Å². The number of nitrogens with one attached hydrogen (secondary N) is 1. The minimum absolute atomic E-state index is 0.362. The van der Waals surface area contributed by atoms with Crippen LogP contribution in [0.5, 0.6) is 0 Å². The quantitative estimate of drug-likeness (QED) is 0.707. The highest BCUT2D eigenvalue weighted by atomic mass is 16.5. The van der Waals surface area contributed by atoms with Crippen LogP contribution in [0.25, 0.3) is 0 Å². The van der Waals surface area contributed by atoms with Crippen molar-refractivity contribution in [2.24, 2.45) is 0 Å². The number of morpholine rings is 1. The molecule has 2 rings (SSSR count). The Morgan fingerprint density at radius 1 is 1.29 bits per heavy atom. The summed E-state index contributed by atoms with van der Waals surface area (Å²) in [6, 6.07) is 0. The van der Waals surface area contributed by atoms with Crippen LogP contribution in [0.4, 0.5) is 0 Å². The minimum atomic E-state index is 0.362. The van der Waals surface area contributed by atoms with E-state index in [4.69, 9.17) is 9.47 Å². The number of rotatable bonds is 3. The van der Waals surface area contributed by atoms with E-state index >= 15 is 0 Å². The molecule has 96 valence electrons. The van der Waals surface area contributed by atoms with Crippen LogP contribution in [0.15, 0.2) is 0 Å². The lowest BCUT2D eigenvalue weighted by molar-refractivity contribution is 0.0441. The number of nitrogens with zero attached hydrogens (tertiary/aromatic N) is 1. The van der Waals surface area contributed by atoms with Crippen molar-refractivity contribution in [1.29, 1.82) is 0 Å². The van der Waals surface area contributed by atoms with Crippen LogP contribution in [-0.2, 0) is 9.47 Å². The van der Waals surface area contributed by atoms with Crippen LogP contribution in [-0.4, -0.2) is 63.5 Å².